The van der Waals surface area contributed by atoms with E-state index in [0.717, 1.165) is 10.6 Å². The van der Waals surface area contributed by atoms with Crippen LogP contribution in [0.1, 0.15) is 38.1 Å². The second-order valence-electron chi connectivity index (χ2n) is 4.87. The highest BCUT2D eigenvalue weighted by Gasteiger charge is 2.31. The topological polar surface area (TPSA) is 95.2 Å². The summed E-state index contributed by atoms with van der Waals surface area (Å²) in [6, 6.07) is 0. The Bertz CT molecular complexity index is 601. The number of piperazine rings is 1. The Hall–Kier alpha value is -2.44. The first-order valence-electron chi connectivity index (χ1n) is 6.27. The molecule has 2 rings (SSSR count). The molecule has 0 aliphatic carbocycles. The number of imidazole rings is 1. The predicted molar refractivity (Wildman–Crippen MR) is 71.2 cm³/mol. The van der Waals surface area contributed by atoms with Gasteiger partial charge in [0.2, 0.25) is 11.8 Å². The molecule has 1 aromatic heterocycles. The zero-order valence-electron chi connectivity index (χ0n) is 11.6. The molecule has 7 nitrogen and oxygen atoms in total. The molecule has 0 spiro atoms. The van der Waals surface area contributed by atoms with E-state index in [1.165, 1.54) is 19.3 Å². The molecule has 1 fully saturated rings. The third-order valence-corrected chi connectivity index (χ3v) is 2.99. The van der Waals surface area contributed by atoms with Gasteiger partial charge in [-0.15, -0.1) is 0 Å². The standard InChI is InChI=1S/C13H16N4O3/c1-7(2)12-9(14-6-15-12)4-10-13(20)17(8(3)18)5-11(19)16-10/h4,6-7H,5H2,1-3H3,(H,14,15)(H,16,19). The summed E-state index contributed by atoms with van der Waals surface area (Å²) >= 11 is 0. The van der Waals surface area contributed by atoms with Crippen molar-refractivity contribution in [2.45, 2.75) is 26.7 Å². The van der Waals surface area contributed by atoms with Gasteiger partial charge < -0.3 is 10.3 Å². The second kappa shape index (κ2) is 5.28. The van der Waals surface area contributed by atoms with Gasteiger partial charge in [0.1, 0.15) is 12.2 Å². The maximum Gasteiger partial charge on any atom is 0.277 e. The van der Waals surface area contributed by atoms with Crippen LogP contribution < -0.4 is 5.32 Å². The summed E-state index contributed by atoms with van der Waals surface area (Å²) in [5, 5.41) is 2.48. The molecule has 3 amide bonds. The van der Waals surface area contributed by atoms with E-state index < -0.39 is 17.7 Å². The lowest BCUT2D eigenvalue weighted by Gasteiger charge is -2.25. The van der Waals surface area contributed by atoms with Gasteiger partial charge in [-0.1, -0.05) is 13.8 Å². The van der Waals surface area contributed by atoms with Gasteiger partial charge in [0, 0.05) is 12.6 Å². The molecule has 7 heteroatoms. The molecule has 0 aromatic carbocycles. The number of aromatic nitrogens is 2. The molecule has 1 aliphatic heterocycles. The van der Waals surface area contributed by atoms with Crippen LogP contribution in [0.15, 0.2) is 12.0 Å². The molecule has 0 radical (unpaired) electrons. The van der Waals surface area contributed by atoms with Crippen molar-refractivity contribution in [1.29, 1.82) is 0 Å². The number of H-pyrrole nitrogens is 1. The molecule has 1 saturated heterocycles. The van der Waals surface area contributed by atoms with E-state index in [9.17, 15) is 14.4 Å². The maximum absolute atomic E-state index is 12.1. The van der Waals surface area contributed by atoms with Gasteiger partial charge in [0.25, 0.3) is 5.91 Å². The first-order valence-corrected chi connectivity index (χ1v) is 6.27. The van der Waals surface area contributed by atoms with Crippen molar-refractivity contribution in [1.82, 2.24) is 20.2 Å². The van der Waals surface area contributed by atoms with Crippen molar-refractivity contribution in [3.05, 3.63) is 23.4 Å². The van der Waals surface area contributed by atoms with E-state index >= 15 is 0 Å². The number of carbonyl (C=O) groups is 3. The second-order valence-corrected chi connectivity index (χ2v) is 4.87. The van der Waals surface area contributed by atoms with E-state index in [1.807, 2.05) is 13.8 Å². The minimum absolute atomic E-state index is 0.0606. The highest BCUT2D eigenvalue weighted by molar-refractivity contribution is 6.12. The van der Waals surface area contributed by atoms with Crippen LogP contribution in [0.25, 0.3) is 6.08 Å². The third-order valence-electron chi connectivity index (χ3n) is 2.99. The van der Waals surface area contributed by atoms with Gasteiger partial charge in [0.15, 0.2) is 0 Å². The molecule has 2 N–H and O–H groups in total. The molecule has 1 aromatic rings. The number of nitrogens with zero attached hydrogens (tertiary/aromatic N) is 2. The van der Waals surface area contributed by atoms with E-state index in [1.54, 1.807) is 0 Å². The molecule has 20 heavy (non-hydrogen) atoms. The van der Waals surface area contributed by atoms with Crippen molar-refractivity contribution < 1.29 is 14.4 Å². The molecular formula is C13H16N4O3. The van der Waals surface area contributed by atoms with Gasteiger partial charge >= 0.3 is 0 Å². The van der Waals surface area contributed by atoms with Crippen LogP contribution in [0.3, 0.4) is 0 Å². The van der Waals surface area contributed by atoms with E-state index in [4.69, 9.17) is 0 Å². The Morgan fingerprint density at radius 2 is 2.15 bits per heavy atom. The van der Waals surface area contributed by atoms with Crippen LogP contribution in [0.5, 0.6) is 0 Å². The zero-order chi connectivity index (χ0) is 14.9. The Kier molecular flexibility index (Phi) is 3.69. The Balaban J connectivity index is 2.37. The van der Waals surface area contributed by atoms with Crippen LogP contribution in [0.4, 0.5) is 0 Å². The molecule has 106 valence electrons. The SMILES string of the molecule is CC(=O)N1CC(=O)NC(=Cc2nc[nH]c2C(C)C)C1=O. The summed E-state index contributed by atoms with van der Waals surface area (Å²) in [4.78, 5) is 43.0. The van der Waals surface area contributed by atoms with E-state index in [0.29, 0.717) is 5.69 Å². The molecular weight excluding hydrogens is 260 g/mol. The van der Waals surface area contributed by atoms with Crippen molar-refractivity contribution in [3.63, 3.8) is 0 Å². The molecule has 0 atom stereocenters. The first-order chi connectivity index (χ1) is 9.40. The lowest BCUT2D eigenvalue weighted by atomic mass is 10.1. The Morgan fingerprint density at radius 1 is 1.45 bits per heavy atom. The van der Waals surface area contributed by atoms with Gasteiger partial charge in [0.05, 0.1) is 12.0 Å². The highest BCUT2D eigenvalue weighted by Crippen LogP contribution is 2.18. The van der Waals surface area contributed by atoms with Gasteiger partial charge in [-0.05, 0) is 12.0 Å². The molecule has 1 aliphatic rings. The van der Waals surface area contributed by atoms with Crippen molar-refractivity contribution in [3.8, 4) is 0 Å². The van der Waals surface area contributed by atoms with Gasteiger partial charge in [-0.3, -0.25) is 19.3 Å². The summed E-state index contributed by atoms with van der Waals surface area (Å²) in [6.07, 6.45) is 3.01. The number of aromatic amines is 1. The van der Waals surface area contributed by atoms with Crippen LogP contribution in [-0.4, -0.2) is 39.1 Å². The number of nitrogens with one attached hydrogen (secondary N) is 2. The fourth-order valence-corrected chi connectivity index (χ4v) is 1.99. The van der Waals surface area contributed by atoms with Gasteiger partial charge in [-0.25, -0.2) is 4.98 Å². The molecule has 0 saturated carbocycles. The largest absolute Gasteiger partial charge is 0.348 e. The Labute approximate surface area is 116 Å². The molecule has 2 heterocycles. The number of carbonyl (C=O) groups excluding carboxylic acids is 3. The average Bonchev–Trinajstić information content (AvgIpc) is 2.81. The minimum atomic E-state index is -0.519. The minimum Gasteiger partial charge on any atom is -0.348 e. The van der Waals surface area contributed by atoms with E-state index in [2.05, 4.69) is 15.3 Å². The van der Waals surface area contributed by atoms with Crippen LogP contribution in [0.2, 0.25) is 0 Å². The van der Waals surface area contributed by atoms with Crippen LogP contribution in [0, 0.1) is 0 Å². The normalized spacial score (nSPS) is 17.8. The summed E-state index contributed by atoms with van der Waals surface area (Å²) in [5.41, 5.74) is 1.50. The quantitative estimate of drug-likeness (QED) is 0.763. The smallest absolute Gasteiger partial charge is 0.277 e. The lowest BCUT2D eigenvalue weighted by molar-refractivity contribution is -0.147. The number of amides is 3. The summed E-state index contributed by atoms with van der Waals surface area (Å²) in [6.45, 7) is 4.97. The van der Waals surface area contributed by atoms with Crippen LogP contribution in [-0.2, 0) is 14.4 Å². The predicted octanol–water partition coefficient (Wildman–Crippen LogP) is 0.379. The molecule has 0 unspecified atom stereocenters. The monoisotopic (exact) mass is 276 g/mol. The number of hydrogen-bond donors (Lipinski definition) is 2. The van der Waals surface area contributed by atoms with Crippen molar-refractivity contribution in [2.75, 3.05) is 6.54 Å². The maximum atomic E-state index is 12.1. The first kappa shape index (κ1) is 14.0. The third kappa shape index (κ3) is 2.61. The summed E-state index contributed by atoms with van der Waals surface area (Å²) in [7, 11) is 0. The highest BCUT2D eigenvalue weighted by atomic mass is 16.2. The lowest BCUT2D eigenvalue weighted by Crippen LogP contribution is -2.51. The van der Waals surface area contributed by atoms with Crippen LogP contribution >= 0.6 is 0 Å². The number of hydrogen-bond acceptors (Lipinski definition) is 4. The fraction of sp³-hybridized carbons (Fsp3) is 0.385. The van der Waals surface area contributed by atoms with Crippen molar-refractivity contribution in [2.24, 2.45) is 0 Å². The van der Waals surface area contributed by atoms with E-state index in [-0.39, 0.29) is 18.2 Å². The summed E-state index contributed by atoms with van der Waals surface area (Å²) in [5.74, 6) is -1.17. The van der Waals surface area contributed by atoms with Gasteiger partial charge in [-0.2, -0.15) is 0 Å². The zero-order valence-corrected chi connectivity index (χ0v) is 11.6. The number of imide groups is 1. The Morgan fingerprint density at radius 3 is 2.75 bits per heavy atom. The molecule has 0 bridgehead atoms. The fourth-order valence-electron chi connectivity index (χ4n) is 1.99. The van der Waals surface area contributed by atoms with Crippen molar-refractivity contribution >= 4 is 23.8 Å². The summed E-state index contributed by atoms with van der Waals surface area (Å²) < 4.78 is 0. The number of rotatable bonds is 2. The average molecular weight is 276 g/mol.